The number of ether oxygens (including phenoxy) is 1. The molecule has 0 atom stereocenters. The Bertz CT molecular complexity index is 935. The first-order chi connectivity index (χ1) is 13.6. The summed E-state index contributed by atoms with van der Waals surface area (Å²) in [7, 11) is 0. The molecule has 0 saturated heterocycles. The first-order valence-electron chi connectivity index (χ1n) is 9.60. The highest BCUT2D eigenvalue weighted by Gasteiger charge is 2.20. The van der Waals surface area contributed by atoms with Crippen LogP contribution in [0.3, 0.4) is 0 Å². The summed E-state index contributed by atoms with van der Waals surface area (Å²) in [5.41, 5.74) is 8.63. The molecule has 2 aromatic heterocycles. The first kappa shape index (κ1) is 21.2. The van der Waals surface area contributed by atoms with E-state index in [0.717, 1.165) is 36.8 Å². The van der Waals surface area contributed by atoms with Gasteiger partial charge in [0.2, 0.25) is 0 Å². The van der Waals surface area contributed by atoms with E-state index in [1.807, 2.05) is 13.0 Å². The molecular weight excluding hydrogens is 393 g/mol. The molecule has 1 aromatic carbocycles. The molecule has 1 aliphatic carbocycles. The van der Waals surface area contributed by atoms with Crippen LogP contribution in [0.15, 0.2) is 43.1 Å². The highest BCUT2D eigenvalue weighted by Crippen LogP contribution is 2.30. The average Bonchev–Trinajstić information content (AvgIpc) is 3.17. The molecule has 4 rings (SSSR count). The molecule has 2 heterocycles. The maximum Gasteiger partial charge on any atom is 0.163 e. The molecule has 3 aromatic rings. The Morgan fingerprint density at radius 2 is 2.00 bits per heavy atom. The molecule has 154 valence electrons. The van der Waals surface area contributed by atoms with Crippen LogP contribution in [0.4, 0.5) is 4.39 Å². The fraction of sp³-hybridized carbons (Fsp3) is 0.381. The van der Waals surface area contributed by atoms with Crippen molar-refractivity contribution in [2.45, 2.75) is 38.6 Å². The fourth-order valence-corrected chi connectivity index (χ4v) is 3.68. The number of hydrogen-bond acceptors (Lipinski definition) is 5. The highest BCUT2D eigenvalue weighted by atomic mass is 35.5. The van der Waals surface area contributed by atoms with E-state index in [2.05, 4.69) is 15.1 Å². The maximum atomic E-state index is 14.3. The third-order valence-corrected chi connectivity index (χ3v) is 5.32. The maximum absolute atomic E-state index is 14.3. The van der Waals surface area contributed by atoms with Crippen molar-refractivity contribution in [3.8, 4) is 22.7 Å². The molecule has 0 aliphatic heterocycles. The van der Waals surface area contributed by atoms with Gasteiger partial charge < -0.3 is 10.5 Å². The van der Waals surface area contributed by atoms with Crippen LogP contribution in [-0.2, 0) is 0 Å². The van der Waals surface area contributed by atoms with Gasteiger partial charge in [0, 0.05) is 17.8 Å². The number of halogens is 2. The lowest BCUT2D eigenvalue weighted by Crippen LogP contribution is -2.28. The second kappa shape index (κ2) is 9.33. The van der Waals surface area contributed by atoms with Gasteiger partial charge in [-0.3, -0.25) is 0 Å². The van der Waals surface area contributed by atoms with Crippen molar-refractivity contribution >= 4 is 12.4 Å². The van der Waals surface area contributed by atoms with E-state index < -0.39 is 0 Å². The van der Waals surface area contributed by atoms with E-state index in [1.54, 1.807) is 24.7 Å². The van der Waals surface area contributed by atoms with Crippen molar-refractivity contribution in [2.24, 2.45) is 11.7 Å². The minimum absolute atomic E-state index is 0. The number of para-hydroxylation sites is 1. The van der Waals surface area contributed by atoms with E-state index in [9.17, 15) is 4.39 Å². The molecule has 1 fully saturated rings. The van der Waals surface area contributed by atoms with Gasteiger partial charge in [-0.2, -0.15) is 5.10 Å². The van der Waals surface area contributed by atoms with E-state index in [0.29, 0.717) is 35.7 Å². The quantitative estimate of drug-likeness (QED) is 0.676. The van der Waals surface area contributed by atoms with Crippen molar-refractivity contribution in [3.05, 3.63) is 54.5 Å². The van der Waals surface area contributed by atoms with Crippen LogP contribution in [0.1, 0.15) is 31.2 Å². The summed E-state index contributed by atoms with van der Waals surface area (Å²) in [6.07, 6.45) is 10.8. The molecular formula is C21H25ClFN5O. The van der Waals surface area contributed by atoms with E-state index in [1.165, 1.54) is 17.1 Å². The summed E-state index contributed by atoms with van der Waals surface area (Å²) >= 11 is 0. The summed E-state index contributed by atoms with van der Waals surface area (Å²) in [6, 6.07) is 5.29. The van der Waals surface area contributed by atoms with E-state index in [4.69, 9.17) is 10.5 Å². The lowest BCUT2D eigenvalue weighted by atomic mass is 9.87. The molecule has 0 bridgehead atoms. The zero-order valence-electron chi connectivity index (χ0n) is 16.3. The molecule has 1 aliphatic rings. The first-order valence-corrected chi connectivity index (χ1v) is 9.60. The predicted molar refractivity (Wildman–Crippen MR) is 112 cm³/mol. The normalized spacial score (nSPS) is 18.9. The van der Waals surface area contributed by atoms with Crippen LogP contribution < -0.4 is 10.5 Å². The van der Waals surface area contributed by atoms with Crippen molar-refractivity contribution in [2.75, 3.05) is 6.61 Å². The fourth-order valence-electron chi connectivity index (χ4n) is 3.68. The SMILES string of the molecule is Cc1cccc(F)c1-n1cc(-c2ncncc2OCC2CCC(N)CC2)cn1.Cl. The molecule has 0 radical (unpaired) electrons. The van der Waals surface area contributed by atoms with E-state index in [-0.39, 0.29) is 18.2 Å². The van der Waals surface area contributed by atoms with Crippen LogP contribution in [0.2, 0.25) is 0 Å². The van der Waals surface area contributed by atoms with Crippen LogP contribution in [-0.4, -0.2) is 32.4 Å². The predicted octanol–water partition coefficient (Wildman–Crippen LogP) is 4.09. The number of nitrogens with two attached hydrogens (primary N) is 1. The Hall–Kier alpha value is -2.51. The molecule has 2 N–H and O–H groups in total. The largest absolute Gasteiger partial charge is 0.489 e. The zero-order chi connectivity index (χ0) is 19.5. The number of aromatic nitrogens is 4. The lowest BCUT2D eigenvalue weighted by molar-refractivity contribution is 0.200. The van der Waals surface area contributed by atoms with Gasteiger partial charge in [-0.25, -0.2) is 19.0 Å². The van der Waals surface area contributed by atoms with Gasteiger partial charge in [0.15, 0.2) is 5.75 Å². The smallest absolute Gasteiger partial charge is 0.163 e. The van der Waals surface area contributed by atoms with Gasteiger partial charge in [0.1, 0.15) is 23.5 Å². The van der Waals surface area contributed by atoms with Crippen molar-refractivity contribution in [1.29, 1.82) is 0 Å². The number of aryl methyl sites for hydroxylation is 1. The van der Waals surface area contributed by atoms with E-state index >= 15 is 0 Å². The van der Waals surface area contributed by atoms with Gasteiger partial charge >= 0.3 is 0 Å². The molecule has 8 heteroatoms. The van der Waals surface area contributed by atoms with Crippen molar-refractivity contribution in [3.63, 3.8) is 0 Å². The second-order valence-corrected chi connectivity index (χ2v) is 7.41. The van der Waals surface area contributed by atoms with Gasteiger partial charge in [-0.1, -0.05) is 12.1 Å². The standard InChI is InChI=1S/C21H24FN5O.ClH/c1-14-3-2-4-18(22)21(14)27-11-16(9-26-27)20-19(10-24-13-25-20)28-12-15-5-7-17(23)8-6-15;/h2-4,9-11,13,15,17H,5-8,12,23H2,1H3;1H. The Morgan fingerprint density at radius 3 is 2.76 bits per heavy atom. The number of rotatable bonds is 5. The van der Waals surface area contributed by atoms with Crippen LogP contribution in [0.5, 0.6) is 5.75 Å². The summed E-state index contributed by atoms with van der Waals surface area (Å²) in [5, 5.41) is 4.33. The zero-order valence-corrected chi connectivity index (χ0v) is 17.1. The third-order valence-electron chi connectivity index (χ3n) is 5.32. The van der Waals surface area contributed by atoms with Crippen LogP contribution >= 0.6 is 12.4 Å². The second-order valence-electron chi connectivity index (χ2n) is 7.41. The number of benzene rings is 1. The molecule has 0 spiro atoms. The van der Waals surface area contributed by atoms with Gasteiger partial charge in [-0.15, -0.1) is 12.4 Å². The molecule has 0 unspecified atom stereocenters. The lowest BCUT2D eigenvalue weighted by Gasteiger charge is -2.26. The Labute approximate surface area is 175 Å². The molecule has 29 heavy (non-hydrogen) atoms. The Balaban J connectivity index is 0.00000240. The van der Waals surface area contributed by atoms with Gasteiger partial charge in [0.25, 0.3) is 0 Å². The number of hydrogen-bond donors (Lipinski definition) is 1. The Morgan fingerprint density at radius 1 is 1.21 bits per heavy atom. The average molecular weight is 418 g/mol. The number of nitrogens with zero attached hydrogens (tertiary/aromatic N) is 4. The minimum Gasteiger partial charge on any atom is -0.489 e. The Kier molecular flexibility index (Phi) is 6.82. The summed E-state index contributed by atoms with van der Waals surface area (Å²) in [5.74, 6) is 0.795. The van der Waals surface area contributed by atoms with Crippen molar-refractivity contribution in [1.82, 2.24) is 19.7 Å². The van der Waals surface area contributed by atoms with Crippen LogP contribution in [0, 0.1) is 18.7 Å². The van der Waals surface area contributed by atoms with Gasteiger partial charge in [-0.05, 0) is 50.2 Å². The summed E-state index contributed by atoms with van der Waals surface area (Å²) in [4.78, 5) is 8.47. The molecule has 1 saturated carbocycles. The third kappa shape index (κ3) is 4.74. The van der Waals surface area contributed by atoms with Gasteiger partial charge in [0.05, 0.1) is 19.0 Å². The summed E-state index contributed by atoms with van der Waals surface area (Å²) in [6.45, 7) is 2.47. The topological polar surface area (TPSA) is 78.8 Å². The monoisotopic (exact) mass is 417 g/mol. The highest BCUT2D eigenvalue weighted by molar-refractivity contribution is 5.85. The minimum atomic E-state index is -0.315. The summed E-state index contributed by atoms with van der Waals surface area (Å²) < 4.78 is 21.8. The molecule has 6 nitrogen and oxygen atoms in total. The van der Waals surface area contributed by atoms with Crippen molar-refractivity contribution < 1.29 is 9.13 Å². The molecule has 0 amide bonds. The van der Waals surface area contributed by atoms with Crippen LogP contribution in [0.25, 0.3) is 16.9 Å².